The lowest BCUT2D eigenvalue weighted by Gasteiger charge is -2.08. The summed E-state index contributed by atoms with van der Waals surface area (Å²) in [7, 11) is 0. The number of anilines is 1. The topological polar surface area (TPSA) is 84.7 Å². The number of rotatable bonds is 7. The van der Waals surface area contributed by atoms with E-state index in [1.54, 1.807) is 35.3 Å². The Balaban J connectivity index is 1.43. The van der Waals surface area contributed by atoms with E-state index < -0.39 is 0 Å². The number of halogens is 1. The number of nitrogens with one attached hydrogen (secondary N) is 2. The summed E-state index contributed by atoms with van der Waals surface area (Å²) in [4.78, 5) is 20.1. The lowest BCUT2D eigenvalue weighted by Crippen LogP contribution is -2.30. The lowest BCUT2D eigenvalue weighted by molar-refractivity contribution is -0.120. The van der Waals surface area contributed by atoms with Crippen LogP contribution in [0.5, 0.6) is 0 Å². The Morgan fingerprint density at radius 2 is 2.00 bits per heavy atom. The molecule has 8 heteroatoms. The van der Waals surface area contributed by atoms with Gasteiger partial charge < -0.3 is 10.6 Å². The highest BCUT2D eigenvalue weighted by molar-refractivity contribution is 5.78. The molecule has 0 fully saturated rings. The maximum Gasteiger partial charge on any atom is 0.224 e. The third kappa shape index (κ3) is 4.84. The molecule has 3 rings (SSSR count). The first-order valence-corrected chi connectivity index (χ1v) is 7.78. The van der Waals surface area contributed by atoms with Gasteiger partial charge in [-0.15, -0.1) is 0 Å². The summed E-state index contributed by atoms with van der Waals surface area (Å²) in [5.74, 6) is 0.872. The first kappa shape index (κ1) is 16.6. The molecular weight excluding hydrogens is 323 g/mol. The summed E-state index contributed by atoms with van der Waals surface area (Å²) in [5, 5.41) is 10.0. The average molecular weight is 340 g/mol. The van der Waals surface area contributed by atoms with Crippen LogP contribution in [0, 0.1) is 5.82 Å². The second kappa shape index (κ2) is 8.00. The van der Waals surface area contributed by atoms with Gasteiger partial charge in [-0.1, -0.05) is 12.1 Å². The Morgan fingerprint density at radius 1 is 1.16 bits per heavy atom. The SMILES string of the molecule is O=C(Cc1ccc(F)cc1)NCCNc1cc(-n2cccn2)ncn1. The summed E-state index contributed by atoms with van der Waals surface area (Å²) in [5.41, 5.74) is 0.770. The number of benzene rings is 1. The first-order valence-electron chi connectivity index (χ1n) is 7.78. The molecule has 2 N–H and O–H groups in total. The molecule has 0 spiro atoms. The molecule has 1 amide bonds. The Labute approximate surface area is 143 Å². The number of hydrogen-bond donors (Lipinski definition) is 2. The maximum atomic E-state index is 12.8. The number of carbonyl (C=O) groups is 1. The van der Waals surface area contributed by atoms with Gasteiger partial charge in [0.15, 0.2) is 5.82 Å². The van der Waals surface area contributed by atoms with Crippen molar-refractivity contribution < 1.29 is 9.18 Å². The molecule has 128 valence electrons. The molecule has 0 atom stereocenters. The average Bonchev–Trinajstić information content (AvgIpc) is 3.16. The zero-order chi connectivity index (χ0) is 17.5. The minimum absolute atomic E-state index is 0.117. The van der Waals surface area contributed by atoms with E-state index in [-0.39, 0.29) is 18.1 Å². The molecule has 0 unspecified atom stereocenters. The van der Waals surface area contributed by atoms with Crippen LogP contribution < -0.4 is 10.6 Å². The molecule has 2 heterocycles. The van der Waals surface area contributed by atoms with Crippen molar-refractivity contribution >= 4 is 11.7 Å². The monoisotopic (exact) mass is 340 g/mol. The number of amides is 1. The van der Waals surface area contributed by atoms with Crippen molar-refractivity contribution in [1.82, 2.24) is 25.1 Å². The number of nitrogens with zero attached hydrogens (tertiary/aromatic N) is 4. The Morgan fingerprint density at radius 3 is 2.76 bits per heavy atom. The van der Waals surface area contributed by atoms with E-state index in [0.717, 1.165) is 5.56 Å². The molecule has 0 radical (unpaired) electrons. The highest BCUT2D eigenvalue weighted by Gasteiger charge is 2.04. The normalized spacial score (nSPS) is 10.4. The third-order valence-electron chi connectivity index (χ3n) is 3.42. The highest BCUT2D eigenvalue weighted by Crippen LogP contribution is 2.07. The smallest absolute Gasteiger partial charge is 0.224 e. The van der Waals surface area contributed by atoms with E-state index in [2.05, 4.69) is 25.7 Å². The first-order chi connectivity index (χ1) is 12.2. The van der Waals surface area contributed by atoms with Gasteiger partial charge in [-0.3, -0.25) is 4.79 Å². The molecule has 7 nitrogen and oxygen atoms in total. The second-order valence-corrected chi connectivity index (χ2v) is 5.29. The van der Waals surface area contributed by atoms with Gasteiger partial charge >= 0.3 is 0 Å². The minimum atomic E-state index is -0.312. The van der Waals surface area contributed by atoms with Crippen LogP contribution in [0.3, 0.4) is 0 Å². The van der Waals surface area contributed by atoms with Gasteiger partial charge in [0.25, 0.3) is 0 Å². The molecule has 3 aromatic rings. The standard InChI is InChI=1S/C17H17FN6O/c18-14-4-2-13(3-5-14)10-17(25)20-8-7-19-15-11-16(22-12-21-15)24-9-1-6-23-24/h1-6,9,11-12H,7-8,10H2,(H,20,25)(H,19,21,22). The van der Waals surface area contributed by atoms with Gasteiger partial charge in [0.2, 0.25) is 5.91 Å². The molecule has 0 saturated carbocycles. The molecule has 1 aromatic carbocycles. The van der Waals surface area contributed by atoms with Crippen LogP contribution in [0.4, 0.5) is 10.2 Å². The fourth-order valence-electron chi connectivity index (χ4n) is 2.22. The summed E-state index contributed by atoms with van der Waals surface area (Å²) in [6.45, 7) is 0.964. The van der Waals surface area contributed by atoms with Gasteiger partial charge in [-0.2, -0.15) is 5.10 Å². The van der Waals surface area contributed by atoms with Crippen LogP contribution in [0.25, 0.3) is 5.82 Å². The molecule has 25 heavy (non-hydrogen) atoms. The molecule has 0 saturated heterocycles. The summed E-state index contributed by atoms with van der Waals surface area (Å²) >= 11 is 0. The maximum absolute atomic E-state index is 12.8. The van der Waals surface area contributed by atoms with Crippen molar-refractivity contribution in [3.8, 4) is 5.82 Å². The fourth-order valence-corrected chi connectivity index (χ4v) is 2.22. The van der Waals surface area contributed by atoms with Crippen molar-refractivity contribution in [3.63, 3.8) is 0 Å². The molecular formula is C17H17FN6O. The van der Waals surface area contributed by atoms with Gasteiger partial charge in [0.1, 0.15) is 18.0 Å². The van der Waals surface area contributed by atoms with E-state index in [0.29, 0.717) is 24.7 Å². The molecule has 0 aliphatic carbocycles. The third-order valence-corrected chi connectivity index (χ3v) is 3.42. The zero-order valence-corrected chi connectivity index (χ0v) is 13.4. The lowest BCUT2D eigenvalue weighted by atomic mass is 10.1. The summed E-state index contributed by atoms with van der Waals surface area (Å²) in [6, 6.07) is 9.47. The van der Waals surface area contributed by atoms with Crippen molar-refractivity contribution in [2.75, 3.05) is 18.4 Å². The van der Waals surface area contributed by atoms with Crippen LogP contribution in [-0.2, 0) is 11.2 Å². The van der Waals surface area contributed by atoms with Gasteiger partial charge in [0.05, 0.1) is 6.42 Å². The number of aromatic nitrogens is 4. The van der Waals surface area contributed by atoms with E-state index >= 15 is 0 Å². The zero-order valence-electron chi connectivity index (χ0n) is 13.4. The van der Waals surface area contributed by atoms with Gasteiger partial charge in [-0.05, 0) is 23.8 Å². The van der Waals surface area contributed by atoms with Crippen LogP contribution in [-0.4, -0.2) is 38.7 Å². The van der Waals surface area contributed by atoms with Gasteiger partial charge in [0, 0.05) is 31.5 Å². The quantitative estimate of drug-likeness (QED) is 0.638. The van der Waals surface area contributed by atoms with Crippen LogP contribution in [0.1, 0.15) is 5.56 Å². The molecule has 0 aliphatic heterocycles. The second-order valence-electron chi connectivity index (χ2n) is 5.29. The number of hydrogen-bond acceptors (Lipinski definition) is 5. The van der Waals surface area contributed by atoms with Crippen molar-refractivity contribution in [2.24, 2.45) is 0 Å². The molecule has 0 aliphatic rings. The predicted molar refractivity (Wildman–Crippen MR) is 90.8 cm³/mol. The van der Waals surface area contributed by atoms with Crippen molar-refractivity contribution in [3.05, 3.63) is 66.5 Å². The van der Waals surface area contributed by atoms with E-state index in [4.69, 9.17) is 0 Å². The van der Waals surface area contributed by atoms with E-state index in [1.807, 2.05) is 6.07 Å². The minimum Gasteiger partial charge on any atom is -0.368 e. The Bertz CT molecular complexity index is 819. The molecule has 0 bridgehead atoms. The number of carbonyl (C=O) groups excluding carboxylic acids is 1. The van der Waals surface area contributed by atoms with Gasteiger partial charge in [-0.25, -0.2) is 19.0 Å². The Kier molecular flexibility index (Phi) is 5.30. The Hall–Kier alpha value is -3.29. The van der Waals surface area contributed by atoms with Crippen LogP contribution >= 0.6 is 0 Å². The van der Waals surface area contributed by atoms with Crippen LogP contribution in [0.15, 0.2) is 55.1 Å². The van der Waals surface area contributed by atoms with Crippen molar-refractivity contribution in [1.29, 1.82) is 0 Å². The van der Waals surface area contributed by atoms with Crippen LogP contribution in [0.2, 0.25) is 0 Å². The van der Waals surface area contributed by atoms with E-state index in [9.17, 15) is 9.18 Å². The van der Waals surface area contributed by atoms with E-state index in [1.165, 1.54) is 18.5 Å². The molecule has 2 aromatic heterocycles. The largest absolute Gasteiger partial charge is 0.368 e. The fraction of sp³-hybridized carbons (Fsp3) is 0.176. The van der Waals surface area contributed by atoms with Crippen molar-refractivity contribution in [2.45, 2.75) is 6.42 Å². The summed E-state index contributed by atoms with van der Waals surface area (Å²) < 4.78 is 14.5. The predicted octanol–water partition coefficient (Wildman–Crippen LogP) is 1.57. The summed E-state index contributed by atoms with van der Waals surface area (Å²) in [6.07, 6.45) is 5.14. The highest BCUT2D eigenvalue weighted by atomic mass is 19.1.